The van der Waals surface area contributed by atoms with Crippen molar-refractivity contribution in [3.63, 3.8) is 0 Å². The molecule has 2 aliphatic rings. The molecule has 0 spiro atoms. The maximum absolute atomic E-state index is 12.5. The van der Waals surface area contributed by atoms with Crippen molar-refractivity contribution in [1.82, 2.24) is 25.4 Å². The summed E-state index contributed by atoms with van der Waals surface area (Å²) in [5.74, 6) is 0.425. The van der Waals surface area contributed by atoms with E-state index in [0.29, 0.717) is 6.04 Å². The largest absolute Gasteiger partial charge is 0.356 e. The van der Waals surface area contributed by atoms with Gasteiger partial charge in [0.1, 0.15) is 0 Å². The van der Waals surface area contributed by atoms with Gasteiger partial charge in [-0.2, -0.15) is 0 Å². The summed E-state index contributed by atoms with van der Waals surface area (Å²) < 4.78 is 0. The molecule has 1 amide bonds. The summed E-state index contributed by atoms with van der Waals surface area (Å²) in [5.41, 5.74) is 1.34. The summed E-state index contributed by atoms with van der Waals surface area (Å²) in [5, 5.41) is 6.25. The third-order valence-corrected chi connectivity index (χ3v) is 5.96. The van der Waals surface area contributed by atoms with E-state index in [1.807, 2.05) is 19.4 Å². The van der Waals surface area contributed by atoms with E-state index in [4.69, 9.17) is 0 Å². The highest BCUT2D eigenvalue weighted by atomic mass is 16.1. The molecule has 1 aromatic heterocycles. The van der Waals surface area contributed by atoms with Crippen LogP contribution in [-0.4, -0.2) is 73.0 Å². The minimum atomic E-state index is 0.170. The molecule has 0 aliphatic carbocycles. The summed E-state index contributed by atoms with van der Waals surface area (Å²) in [7, 11) is 1.95. The van der Waals surface area contributed by atoms with Crippen LogP contribution >= 0.6 is 0 Å². The first-order valence-electron chi connectivity index (χ1n) is 10.5. The molecule has 0 radical (unpaired) electrons. The van der Waals surface area contributed by atoms with Gasteiger partial charge in [0, 0.05) is 38.1 Å². The van der Waals surface area contributed by atoms with Crippen molar-refractivity contribution in [2.75, 3.05) is 46.3 Å². The maximum Gasteiger partial charge on any atom is 0.224 e. The van der Waals surface area contributed by atoms with Gasteiger partial charge < -0.3 is 10.6 Å². The van der Waals surface area contributed by atoms with E-state index >= 15 is 0 Å². The van der Waals surface area contributed by atoms with Crippen LogP contribution in [-0.2, 0) is 11.3 Å². The fraction of sp³-hybridized carbons (Fsp3) is 0.714. The highest BCUT2D eigenvalue weighted by Gasteiger charge is 2.31. The first-order chi connectivity index (χ1) is 13.3. The SMILES string of the molecule is CNCCCNC(=O)[C@@H]1CCCN(C2CCN(Cc3ccncc3)CC2)C1. The number of amides is 1. The van der Waals surface area contributed by atoms with E-state index in [1.54, 1.807) is 0 Å². The van der Waals surface area contributed by atoms with E-state index in [0.717, 1.165) is 65.1 Å². The Morgan fingerprint density at radius 1 is 1.15 bits per heavy atom. The fourth-order valence-corrected chi connectivity index (χ4v) is 4.36. The third kappa shape index (κ3) is 6.26. The number of hydrogen-bond acceptors (Lipinski definition) is 5. The van der Waals surface area contributed by atoms with Crippen LogP contribution in [0.4, 0.5) is 0 Å². The normalized spacial score (nSPS) is 22.6. The molecule has 2 aliphatic heterocycles. The quantitative estimate of drug-likeness (QED) is 0.676. The second-order valence-electron chi connectivity index (χ2n) is 7.95. The van der Waals surface area contributed by atoms with Gasteiger partial charge in [0.15, 0.2) is 0 Å². The average molecular weight is 374 g/mol. The van der Waals surface area contributed by atoms with Gasteiger partial charge in [0.05, 0.1) is 5.92 Å². The summed E-state index contributed by atoms with van der Waals surface area (Å²) in [6.07, 6.45) is 9.35. The molecular weight excluding hydrogens is 338 g/mol. The number of aromatic nitrogens is 1. The van der Waals surface area contributed by atoms with E-state index in [9.17, 15) is 4.79 Å². The minimum Gasteiger partial charge on any atom is -0.356 e. The lowest BCUT2D eigenvalue weighted by Gasteiger charge is -2.42. The van der Waals surface area contributed by atoms with Crippen molar-refractivity contribution in [1.29, 1.82) is 0 Å². The first-order valence-corrected chi connectivity index (χ1v) is 10.5. The van der Waals surface area contributed by atoms with Gasteiger partial charge in [0.25, 0.3) is 0 Å². The molecule has 2 N–H and O–H groups in total. The Bertz CT molecular complexity index is 559. The van der Waals surface area contributed by atoms with Crippen LogP contribution < -0.4 is 10.6 Å². The van der Waals surface area contributed by atoms with Crippen LogP contribution in [0.5, 0.6) is 0 Å². The second-order valence-corrected chi connectivity index (χ2v) is 7.95. The van der Waals surface area contributed by atoms with Gasteiger partial charge >= 0.3 is 0 Å². The van der Waals surface area contributed by atoms with Gasteiger partial charge in [-0.25, -0.2) is 0 Å². The molecule has 1 atom stereocenters. The Balaban J connectivity index is 1.40. The van der Waals surface area contributed by atoms with Crippen LogP contribution in [0.1, 0.15) is 37.7 Å². The molecule has 6 nitrogen and oxygen atoms in total. The van der Waals surface area contributed by atoms with Crippen LogP contribution in [0.2, 0.25) is 0 Å². The lowest BCUT2D eigenvalue weighted by atomic mass is 9.93. The van der Waals surface area contributed by atoms with Crippen LogP contribution in [0.25, 0.3) is 0 Å². The van der Waals surface area contributed by atoms with E-state index in [2.05, 4.69) is 37.6 Å². The standard InChI is InChI=1S/C21H35N5O/c1-22-9-3-10-24-21(27)19-4-2-13-26(17-19)20-7-14-25(15-8-20)16-18-5-11-23-12-6-18/h5-6,11-12,19-20,22H,2-4,7-10,13-17H2,1H3,(H,24,27)/t19-/m1/s1. The van der Waals surface area contributed by atoms with E-state index in [1.165, 1.54) is 18.4 Å². The Morgan fingerprint density at radius 3 is 2.67 bits per heavy atom. The van der Waals surface area contributed by atoms with Crippen molar-refractivity contribution in [3.8, 4) is 0 Å². The lowest BCUT2D eigenvalue weighted by molar-refractivity contribution is -0.127. The molecule has 0 saturated carbocycles. The predicted molar refractivity (Wildman–Crippen MR) is 108 cm³/mol. The number of carbonyl (C=O) groups excluding carboxylic acids is 1. The molecule has 3 heterocycles. The number of likely N-dealkylation sites (tertiary alicyclic amines) is 2. The zero-order chi connectivity index (χ0) is 18.9. The molecule has 2 saturated heterocycles. The summed E-state index contributed by atoms with van der Waals surface area (Å²) >= 11 is 0. The molecule has 0 bridgehead atoms. The minimum absolute atomic E-state index is 0.170. The van der Waals surface area contributed by atoms with Crippen LogP contribution in [0.3, 0.4) is 0 Å². The van der Waals surface area contributed by atoms with Crippen molar-refractivity contribution in [2.24, 2.45) is 5.92 Å². The number of piperidine rings is 2. The Morgan fingerprint density at radius 2 is 1.93 bits per heavy atom. The second kappa shape index (κ2) is 10.7. The Hall–Kier alpha value is -1.50. The number of rotatable bonds is 8. The van der Waals surface area contributed by atoms with Gasteiger partial charge in [-0.15, -0.1) is 0 Å². The Labute approximate surface area is 163 Å². The van der Waals surface area contributed by atoms with E-state index < -0.39 is 0 Å². The zero-order valence-electron chi connectivity index (χ0n) is 16.7. The van der Waals surface area contributed by atoms with Gasteiger partial charge in [-0.3, -0.25) is 19.6 Å². The first kappa shape index (κ1) is 20.2. The Kier molecular flexibility index (Phi) is 8.05. The molecule has 0 aromatic carbocycles. The van der Waals surface area contributed by atoms with Crippen molar-refractivity contribution < 1.29 is 4.79 Å². The van der Waals surface area contributed by atoms with Gasteiger partial charge in [-0.1, -0.05) is 0 Å². The molecule has 2 fully saturated rings. The van der Waals surface area contributed by atoms with Gasteiger partial charge in [-0.05, 0) is 83.0 Å². The van der Waals surface area contributed by atoms with Crippen LogP contribution in [0, 0.1) is 5.92 Å². The fourth-order valence-electron chi connectivity index (χ4n) is 4.36. The topological polar surface area (TPSA) is 60.5 Å². The number of hydrogen-bond donors (Lipinski definition) is 2. The summed E-state index contributed by atoms with van der Waals surface area (Å²) in [4.78, 5) is 21.7. The third-order valence-electron chi connectivity index (χ3n) is 5.96. The van der Waals surface area contributed by atoms with Crippen LogP contribution in [0.15, 0.2) is 24.5 Å². The van der Waals surface area contributed by atoms with E-state index in [-0.39, 0.29) is 11.8 Å². The lowest BCUT2D eigenvalue weighted by Crippen LogP contribution is -2.50. The average Bonchev–Trinajstić information content (AvgIpc) is 2.72. The van der Waals surface area contributed by atoms with Crippen molar-refractivity contribution in [2.45, 2.75) is 44.7 Å². The molecule has 1 aromatic rings. The molecule has 27 heavy (non-hydrogen) atoms. The molecular formula is C21H35N5O. The monoisotopic (exact) mass is 373 g/mol. The molecule has 150 valence electrons. The summed E-state index contributed by atoms with van der Waals surface area (Å²) in [6, 6.07) is 4.85. The number of nitrogens with one attached hydrogen (secondary N) is 2. The maximum atomic E-state index is 12.5. The number of pyridine rings is 1. The predicted octanol–water partition coefficient (Wildman–Crippen LogP) is 1.48. The molecule has 0 unspecified atom stereocenters. The molecule has 6 heteroatoms. The van der Waals surface area contributed by atoms with Crippen molar-refractivity contribution >= 4 is 5.91 Å². The number of nitrogens with zero attached hydrogens (tertiary/aromatic N) is 3. The number of carbonyl (C=O) groups is 1. The highest BCUT2D eigenvalue weighted by molar-refractivity contribution is 5.78. The summed E-state index contributed by atoms with van der Waals surface area (Å²) in [6.45, 7) is 7.13. The zero-order valence-corrected chi connectivity index (χ0v) is 16.7. The van der Waals surface area contributed by atoms with Gasteiger partial charge in [0.2, 0.25) is 5.91 Å². The highest BCUT2D eigenvalue weighted by Crippen LogP contribution is 2.24. The molecule has 3 rings (SSSR count). The van der Waals surface area contributed by atoms with Crippen molar-refractivity contribution in [3.05, 3.63) is 30.1 Å². The smallest absolute Gasteiger partial charge is 0.224 e.